The van der Waals surface area contributed by atoms with Gasteiger partial charge in [0, 0.05) is 45.9 Å². The molecule has 0 bridgehead atoms. The molecule has 2 heterocycles. The van der Waals surface area contributed by atoms with Crippen molar-refractivity contribution < 1.29 is 47.7 Å². The third-order valence-corrected chi connectivity index (χ3v) is 13.8. The number of nitrogens with zero attached hydrogens (tertiary/aromatic N) is 4. The van der Waals surface area contributed by atoms with E-state index in [4.69, 9.17) is 29.6 Å². The Morgan fingerprint density at radius 1 is 0.866 bits per heavy atom. The second-order valence-corrected chi connectivity index (χ2v) is 19.2. The number of nitrogens with one attached hydrogen (secondary N) is 2. The van der Waals surface area contributed by atoms with Gasteiger partial charge in [-0.2, -0.15) is 0 Å². The Morgan fingerprint density at radius 2 is 1.51 bits per heavy atom. The largest absolute Gasteiger partial charge is 0.379 e. The molecule has 67 heavy (non-hydrogen) atoms. The number of amides is 4. The summed E-state index contributed by atoms with van der Waals surface area (Å²) in [6, 6.07) is 7.52. The lowest BCUT2D eigenvalue weighted by atomic mass is 9.89. The Hall–Kier alpha value is -3.59. The molecule has 3 rings (SSSR count). The highest BCUT2D eigenvalue weighted by Crippen LogP contribution is 2.31. The van der Waals surface area contributed by atoms with E-state index in [0.717, 1.165) is 23.4 Å². The second kappa shape index (κ2) is 30.8. The second-order valence-electron chi connectivity index (χ2n) is 18.3. The highest BCUT2D eigenvalue weighted by Gasteiger charge is 2.43. The fourth-order valence-electron chi connectivity index (χ4n) is 9.05. The van der Waals surface area contributed by atoms with E-state index in [9.17, 15) is 19.2 Å². The summed E-state index contributed by atoms with van der Waals surface area (Å²) < 4.78 is 28.8. The smallest absolute Gasteiger partial charge is 0.245 e. The third kappa shape index (κ3) is 18.0. The average molecular weight is 962 g/mol. The third-order valence-electron chi connectivity index (χ3n) is 12.9. The number of thiazole rings is 1. The number of hydrogen-bond donors (Lipinski definition) is 3. The van der Waals surface area contributed by atoms with Gasteiger partial charge in [0.1, 0.15) is 11.0 Å². The summed E-state index contributed by atoms with van der Waals surface area (Å²) in [4.78, 5) is 71.6. The number of carbonyl (C=O) groups excluding carboxylic acids is 4. The maximum Gasteiger partial charge on any atom is 0.245 e. The Balaban J connectivity index is 1.68. The van der Waals surface area contributed by atoms with Crippen molar-refractivity contribution >= 4 is 35.0 Å². The van der Waals surface area contributed by atoms with Gasteiger partial charge in [-0.05, 0) is 49.6 Å². The van der Waals surface area contributed by atoms with Crippen molar-refractivity contribution in [1.29, 1.82) is 0 Å². The summed E-state index contributed by atoms with van der Waals surface area (Å²) in [5, 5.41) is 9.07. The number of ether oxygens (including phenoxy) is 5. The van der Waals surface area contributed by atoms with Crippen molar-refractivity contribution in [1.82, 2.24) is 30.3 Å². The number of likely N-dealkylation sites (N-methyl/N-ethyl adjacent to an activating group) is 2. The minimum Gasteiger partial charge on any atom is -0.379 e. The van der Waals surface area contributed by atoms with Crippen molar-refractivity contribution in [2.75, 3.05) is 87.7 Å². The molecule has 0 spiro atoms. The predicted molar refractivity (Wildman–Crippen MR) is 260 cm³/mol. The molecule has 0 radical (unpaired) electrons. The van der Waals surface area contributed by atoms with Crippen LogP contribution in [0.4, 0.5) is 0 Å². The van der Waals surface area contributed by atoms with E-state index in [2.05, 4.69) is 27.4 Å². The summed E-state index contributed by atoms with van der Waals surface area (Å²) in [6.07, 6.45) is 3.30. The van der Waals surface area contributed by atoms with E-state index in [-0.39, 0.29) is 59.9 Å². The first kappa shape index (κ1) is 57.7. The van der Waals surface area contributed by atoms with Crippen LogP contribution in [0.25, 0.3) is 0 Å². The topological polar surface area (TPSA) is 196 Å². The van der Waals surface area contributed by atoms with Crippen LogP contribution in [0.15, 0.2) is 41.9 Å². The summed E-state index contributed by atoms with van der Waals surface area (Å²) in [5.41, 5.74) is 1.08. The standard InChI is InChI=1S/C49H83N7O10S/c1-12-35(6)44(55(9)49(60)42(33(2)3)53-47(59)43(34(4)5)54(8)22-23-63-24-25-64-26-27-65-28-29-66-50)40(61-10)32-41(57)56-21-16-19-39(56)45(62-11)36(7)46(58)52-38(48-51-20-30-67-48)31-37-17-14-13-15-18-37/h13-15,17-18,20,30,33-36,38-40,42-45H,12,16,19,21-29,31-32,50H2,1-11H3,(H,52,58)(H,53,59). The molecule has 1 aromatic carbocycles. The lowest BCUT2D eigenvalue weighted by Crippen LogP contribution is -2.60. The number of rotatable bonds is 33. The number of methoxy groups -OCH3 is 2. The molecule has 1 aliphatic rings. The van der Waals surface area contributed by atoms with E-state index in [0.29, 0.717) is 72.2 Å². The Labute approximate surface area is 404 Å². The van der Waals surface area contributed by atoms with E-state index >= 15 is 0 Å². The maximum atomic E-state index is 14.6. The zero-order valence-electron chi connectivity index (χ0n) is 42.1. The fraction of sp³-hybridized carbons (Fsp3) is 0.735. The average Bonchev–Trinajstić information content (AvgIpc) is 4.03. The number of aromatic nitrogens is 1. The molecule has 1 fully saturated rings. The van der Waals surface area contributed by atoms with Crippen molar-refractivity contribution in [3.8, 4) is 0 Å². The summed E-state index contributed by atoms with van der Waals surface area (Å²) in [6.45, 7) is 17.6. The first-order valence-corrected chi connectivity index (χ1v) is 24.9. The molecule has 1 saturated heterocycles. The number of benzene rings is 1. The van der Waals surface area contributed by atoms with E-state index < -0.39 is 36.3 Å². The van der Waals surface area contributed by atoms with Gasteiger partial charge in [-0.25, -0.2) is 10.9 Å². The molecular weight excluding hydrogens is 879 g/mol. The first-order chi connectivity index (χ1) is 32.1. The lowest BCUT2D eigenvalue weighted by molar-refractivity contribution is -0.148. The molecule has 380 valence electrons. The number of nitrogens with two attached hydrogens (primary N) is 1. The van der Waals surface area contributed by atoms with Crippen LogP contribution in [0.1, 0.15) is 90.8 Å². The Bertz CT molecular complexity index is 1710. The zero-order valence-corrected chi connectivity index (χ0v) is 43.0. The molecule has 4 N–H and O–H groups in total. The highest BCUT2D eigenvalue weighted by molar-refractivity contribution is 7.09. The molecule has 9 unspecified atom stereocenters. The lowest BCUT2D eigenvalue weighted by Gasteiger charge is -2.41. The normalized spacial score (nSPS) is 17.8. The molecule has 18 heteroatoms. The molecule has 17 nitrogen and oxygen atoms in total. The minimum absolute atomic E-state index is 0.0203. The summed E-state index contributed by atoms with van der Waals surface area (Å²) in [7, 11) is 6.79. The highest BCUT2D eigenvalue weighted by atomic mass is 32.1. The van der Waals surface area contributed by atoms with Crippen LogP contribution < -0.4 is 16.5 Å². The molecule has 1 aromatic heterocycles. The van der Waals surface area contributed by atoms with Crippen molar-refractivity contribution in [3.05, 3.63) is 52.5 Å². The van der Waals surface area contributed by atoms with E-state index in [1.807, 2.05) is 94.1 Å². The van der Waals surface area contributed by atoms with Gasteiger partial charge in [0.15, 0.2) is 0 Å². The Morgan fingerprint density at radius 3 is 2.06 bits per heavy atom. The molecule has 1 aliphatic heterocycles. The quantitative estimate of drug-likeness (QED) is 0.0669. The van der Waals surface area contributed by atoms with Crippen LogP contribution in [0.5, 0.6) is 0 Å². The van der Waals surface area contributed by atoms with Gasteiger partial charge in [-0.15, -0.1) is 11.3 Å². The van der Waals surface area contributed by atoms with Crippen LogP contribution in [0, 0.1) is 23.7 Å². The first-order valence-electron chi connectivity index (χ1n) is 24.0. The van der Waals surface area contributed by atoms with Gasteiger partial charge < -0.3 is 49.0 Å². The zero-order chi connectivity index (χ0) is 49.5. The number of hydrogen-bond acceptors (Lipinski definition) is 14. The molecule has 0 aliphatic carbocycles. The summed E-state index contributed by atoms with van der Waals surface area (Å²) >= 11 is 1.50. The molecule has 4 amide bonds. The molecular formula is C49H83N7O10S. The van der Waals surface area contributed by atoms with Crippen LogP contribution >= 0.6 is 11.3 Å². The molecule has 9 atom stereocenters. The van der Waals surface area contributed by atoms with Gasteiger partial charge in [-0.1, -0.05) is 85.2 Å². The van der Waals surface area contributed by atoms with Gasteiger partial charge in [0.05, 0.1) is 95.0 Å². The molecule has 0 saturated carbocycles. The van der Waals surface area contributed by atoms with E-state index in [1.54, 1.807) is 32.4 Å². The van der Waals surface area contributed by atoms with Crippen molar-refractivity contribution in [2.24, 2.45) is 29.6 Å². The van der Waals surface area contributed by atoms with Gasteiger partial charge in [-0.3, -0.25) is 24.1 Å². The monoisotopic (exact) mass is 962 g/mol. The van der Waals surface area contributed by atoms with Crippen molar-refractivity contribution in [3.63, 3.8) is 0 Å². The maximum absolute atomic E-state index is 14.6. The van der Waals surface area contributed by atoms with Crippen molar-refractivity contribution in [2.45, 2.75) is 123 Å². The number of carbonyl (C=O) groups is 4. The van der Waals surface area contributed by atoms with Crippen LogP contribution in [-0.4, -0.2) is 167 Å². The Kier molecular flexibility index (Phi) is 26.5. The van der Waals surface area contributed by atoms with E-state index in [1.165, 1.54) is 11.3 Å². The van der Waals surface area contributed by atoms with Gasteiger partial charge in [0.2, 0.25) is 23.6 Å². The fourth-order valence-corrected chi connectivity index (χ4v) is 9.74. The SMILES string of the molecule is CCC(C)C(C(CC(=O)N1CCCC1C(OC)C(C)C(=O)NC(Cc1ccccc1)c1nccs1)OC)N(C)C(=O)C(NC(=O)C(C(C)C)N(C)CCOCCOCCOCCON)C(C)C. The number of likely N-dealkylation sites (tertiary alicyclic amines) is 1. The predicted octanol–water partition coefficient (Wildman–Crippen LogP) is 4.50. The van der Waals surface area contributed by atoms with Crippen LogP contribution in [-0.2, 0) is 54.1 Å². The van der Waals surface area contributed by atoms with Crippen LogP contribution in [0.2, 0.25) is 0 Å². The van der Waals surface area contributed by atoms with Gasteiger partial charge >= 0.3 is 0 Å². The minimum atomic E-state index is -0.826. The van der Waals surface area contributed by atoms with Gasteiger partial charge in [0.25, 0.3) is 0 Å². The van der Waals surface area contributed by atoms with Crippen LogP contribution in [0.3, 0.4) is 0 Å². The molecule has 2 aromatic rings. The summed E-state index contributed by atoms with van der Waals surface area (Å²) in [5.74, 6) is 3.27.